The van der Waals surface area contributed by atoms with Gasteiger partial charge in [0.15, 0.2) is 0 Å². The summed E-state index contributed by atoms with van der Waals surface area (Å²) in [5.74, 6) is 0.739. The van der Waals surface area contributed by atoms with Crippen molar-refractivity contribution in [1.82, 2.24) is 0 Å². The average molecular weight is 268 g/mol. The van der Waals surface area contributed by atoms with E-state index in [0.717, 1.165) is 18.6 Å². The van der Waals surface area contributed by atoms with Crippen LogP contribution in [0, 0.1) is 6.92 Å². The Kier molecular flexibility index (Phi) is 6.19. The first-order valence-electron chi connectivity index (χ1n) is 6.35. The van der Waals surface area contributed by atoms with E-state index in [9.17, 15) is 5.11 Å². The summed E-state index contributed by atoms with van der Waals surface area (Å²) < 4.78 is 5.35. The third-order valence-electron chi connectivity index (χ3n) is 3.10. The topological polar surface area (TPSA) is 29.5 Å². The van der Waals surface area contributed by atoms with Gasteiger partial charge in [0, 0.05) is 17.8 Å². The second kappa shape index (κ2) is 7.17. The molecule has 0 radical (unpaired) electrons. The van der Waals surface area contributed by atoms with Crippen LogP contribution in [0.15, 0.2) is 29.2 Å². The van der Waals surface area contributed by atoms with Crippen LogP contribution in [-0.2, 0) is 4.74 Å². The van der Waals surface area contributed by atoms with Crippen molar-refractivity contribution in [1.29, 1.82) is 0 Å². The van der Waals surface area contributed by atoms with Crippen LogP contribution >= 0.6 is 11.8 Å². The molecule has 0 heterocycles. The fourth-order valence-electron chi connectivity index (χ4n) is 1.53. The van der Waals surface area contributed by atoms with E-state index in [-0.39, 0.29) is 11.7 Å². The molecule has 1 aromatic carbocycles. The third-order valence-corrected chi connectivity index (χ3v) is 4.25. The highest BCUT2D eigenvalue weighted by Crippen LogP contribution is 2.22. The molecule has 1 atom stereocenters. The van der Waals surface area contributed by atoms with E-state index in [1.807, 2.05) is 13.8 Å². The van der Waals surface area contributed by atoms with Crippen LogP contribution in [0.5, 0.6) is 0 Å². The molecule has 0 aliphatic carbocycles. The van der Waals surface area contributed by atoms with Crippen LogP contribution in [0.3, 0.4) is 0 Å². The van der Waals surface area contributed by atoms with E-state index in [1.165, 1.54) is 10.5 Å². The van der Waals surface area contributed by atoms with Gasteiger partial charge in [0.25, 0.3) is 0 Å². The van der Waals surface area contributed by atoms with E-state index in [1.54, 1.807) is 18.9 Å². The zero-order valence-electron chi connectivity index (χ0n) is 11.8. The molecule has 0 saturated heterocycles. The number of methoxy groups -OCH3 is 1. The van der Waals surface area contributed by atoms with Crippen LogP contribution in [-0.4, -0.2) is 29.7 Å². The van der Waals surface area contributed by atoms with Crippen molar-refractivity contribution in [2.75, 3.05) is 12.9 Å². The van der Waals surface area contributed by atoms with Crippen molar-refractivity contribution < 1.29 is 9.84 Å². The summed E-state index contributed by atoms with van der Waals surface area (Å²) in [5, 5.41) is 9.95. The Hall–Kier alpha value is -0.510. The van der Waals surface area contributed by atoms with Crippen LogP contribution in [0.4, 0.5) is 0 Å². The van der Waals surface area contributed by atoms with E-state index >= 15 is 0 Å². The van der Waals surface area contributed by atoms with E-state index in [2.05, 4.69) is 31.2 Å². The first kappa shape index (κ1) is 15.5. The van der Waals surface area contributed by atoms with Gasteiger partial charge < -0.3 is 9.84 Å². The van der Waals surface area contributed by atoms with E-state index in [0.29, 0.717) is 0 Å². The average Bonchev–Trinajstić information content (AvgIpc) is 2.36. The van der Waals surface area contributed by atoms with Gasteiger partial charge in [-0.15, -0.1) is 11.8 Å². The predicted molar refractivity (Wildman–Crippen MR) is 78.2 cm³/mol. The number of benzene rings is 1. The molecule has 0 spiro atoms. The van der Waals surface area contributed by atoms with Crippen LogP contribution < -0.4 is 0 Å². The molecular formula is C15H24O2S. The molecule has 0 fully saturated rings. The van der Waals surface area contributed by atoms with Crippen molar-refractivity contribution >= 4 is 11.8 Å². The minimum absolute atomic E-state index is 0.143. The second-order valence-corrected chi connectivity index (χ2v) is 6.37. The van der Waals surface area contributed by atoms with E-state index in [4.69, 9.17) is 4.74 Å². The lowest BCUT2D eigenvalue weighted by atomic mass is 10.0. The van der Waals surface area contributed by atoms with Gasteiger partial charge in [-0.3, -0.25) is 0 Å². The van der Waals surface area contributed by atoms with Crippen molar-refractivity contribution in [3.63, 3.8) is 0 Å². The normalized spacial score (nSPS) is 13.6. The molecule has 3 heteroatoms. The summed E-state index contributed by atoms with van der Waals surface area (Å²) in [6.45, 7) is 6.18. The number of hydrogen-bond acceptors (Lipinski definition) is 3. The Morgan fingerprint density at radius 2 is 1.89 bits per heavy atom. The van der Waals surface area contributed by atoms with Gasteiger partial charge in [-0.1, -0.05) is 17.7 Å². The van der Waals surface area contributed by atoms with Crippen LogP contribution in [0.1, 0.15) is 32.3 Å². The number of ether oxygens (including phenoxy) is 1. The highest BCUT2D eigenvalue weighted by Gasteiger charge is 2.18. The standard InChI is InChI=1S/C15H24O2S/c1-12-5-7-14(8-6-12)18-11-13(16)9-10-15(2,3)17-4/h5-8,13,16H,9-11H2,1-4H3. The maximum Gasteiger partial charge on any atom is 0.0635 e. The highest BCUT2D eigenvalue weighted by molar-refractivity contribution is 7.99. The molecule has 0 aliphatic heterocycles. The van der Waals surface area contributed by atoms with Gasteiger partial charge in [0.2, 0.25) is 0 Å². The Labute approximate surface area is 115 Å². The summed E-state index contributed by atoms with van der Waals surface area (Å²) in [6, 6.07) is 8.41. The molecule has 1 aromatic rings. The molecule has 0 bridgehead atoms. The quantitative estimate of drug-likeness (QED) is 0.765. The zero-order valence-corrected chi connectivity index (χ0v) is 12.6. The Morgan fingerprint density at radius 3 is 2.44 bits per heavy atom. The smallest absolute Gasteiger partial charge is 0.0635 e. The predicted octanol–water partition coefficient (Wildman–Crippen LogP) is 3.65. The summed E-state index contributed by atoms with van der Waals surface area (Å²) in [4.78, 5) is 1.21. The fourth-order valence-corrected chi connectivity index (χ4v) is 2.41. The van der Waals surface area contributed by atoms with Gasteiger partial charge >= 0.3 is 0 Å². The molecule has 1 N–H and O–H groups in total. The van der Waals surface area contributed by atoms with Crippen molar-refractivity contribution in [3.05, 3.63) is 29.8 Å². The largest absolute Gasteiger partial charge is 0.392 e. The van der Waals surface area contributed by atoms with Gasteiger partial charge in [0.1, 0.15) is 0 Å². The maximum atomic E-state index is 9.95. The summed E-state index contributed by atoms with van der Waals surface area (Å²) >= 11 is 1.70. The van der Waals surface area contributed by atoms with Crippen molar-refractivity contribution in [3.8, 4) is 0 Å². The lowest BCUT2D eigenvalue weighted by molar-refractivity contribution is 0.00494. The van der Waals surface area contributed by atoms with Gasteiger partial charge in [-0.25, -0.2) is 0 Å². The minimum atomic E-state index is -0.272. The first-order chi connectivity index (χ1) is 8.43. The highest BCUT2D eigenvalue weighted by atomic mass is 32.2. The zero-order chi connectivity index (χ0) is 13.6. The van der Waals surface area contributed by atoms with Gasteiger partial charge in [-0.05, 0) is 45.7 Å². The molecule has 0 saturated carbocycles. The van der Waals surface area contributed by atoms with Crippen LogP contribution in [0.25, 0.3) is 0 Å². The van der Waals surface area contributed by atoms with Gasteiger partial charge in [-0.2, -0.15) is 0 Å². The summed E-state index contributed by atoms with van der Waals surface area (Å²) in [7, 11) is 1.72. The third kappa shape index (κ3) is 5.89. The number of rotatable bonds is 7. The Morgan fingerprint density at radius 1 is 1.28 bits per heavy atom. The minimum Gasteiger partial charge on any atom is -0.392 e. The second-order valence-electron chi connectivity index (χ2n) is 5.28. The molecule has 1 rings (SSSR count). The number of hydrogen-bond donors (Lipinski definition) is 1. The molecule has 1 unspecified atom stereocenters. The summed E-state index contributed by atoms with van der Waals surface area (Å²) in [6.07, 6.45) is 1.38. The lowest BCUT2D eigenvalue weighted by Gasteiger charge is -2.24. The molecule has 0 aromatic heterocycles. The first-order valence-corrected chi connectivity index (χ1v) is 7.34. The molecule has 0 aliphatic rings. The SMILES string of the molecule is COC(C)(C)CCC(O)CSc1ccc(C)cc1. The monoisotopic (exact) mass is 268 g/mol. The molecule has 0 amide bonds. The van der Waals surface area contributed by atoms with Gasteiger partial charge in [0.05, 0.1) is 11.7 Å². The summed E-state index contributed by atoms with van der Waals surface area (Å²) in [5.41, 5.74) is 1.12. The number of aliphatic hydroxyl groups excluding tert-OH is 1. The fraction of sp³-hybridized carbons (Fsp3) is 0.600. The Balaban J connectivity index is 2.29. The van der Waals surface area contributed by atoms with Crippen molar-refractivity contribution in [2.24, 2.45) is 0 Å². The van der Waals surface area contributed by atoms with E-state index < -0.39 is 0 Å². The molecular weight excluding hydrogens is 244 g/mol. The molecule has 18 heavy (non-hydrogen) atoms. The van der Waals surface area contributed by atoms with Crippen LogP contribution in [0.2, 0.25) is 0 Å². The molecule has 102 valence electrons. The van der Waals surface area contributed by atoms with Crippen molar-refractivity contribution in [2.45, 2.75) is 50.2 Å². The lowest BCUT2D eigenvalue weighted by Crippen LogP contribution is -2.25. The number of aliphatic hydroxyl groups is 1. The number of aryl methyl sites for hydroxylation is 1. The maximum absolute atomic E-state index is 9.95. The molecule has 2 nitrogen and oxygen atoms in total. The Bertz CT molecular complexity index is 346. The number of thioether (sulfide) groups is 1.